The molecule has 2 fully saturated rings. The topological polar surface area (TPSA) is 44.4 Å². The maximum Gasteiger partial charge on any atom is 0.315 e. The number of likely N-dealkylation sites (tertiary alicyclic amines) is 1. The summed E-state index contributed by atoms with van der Waals surface area (Å²) in [7, 11) is 2.14. The number of carbonyl (C=O) groups is 1. The molecule has 1 aliphatic carbocycles. The van der Waals surface area contributed by atoms with E-state index in [4.69, 9.17) is 0 Å². The fourth-order valence-corrected chi connectivity index (χ4v) is 4.57. The molecule has 1 saturated heterocycles. The summed E-state index contributed by atoms with van der Waals surface area (Å²) in [4.78, 5) is 16.0. The van der Waals surface area contributed by atoms with Gasteiger partial charge in [-0.2, -0.15) is 0 Å². The van der Waals surface area contributed by atoms with Gasteiger partial charge < -0.3 is 15.5 Å². The van der Waals surface area contributed by atoms with Crippen LogP contribution in [0.1, 0.15) is 49.4 Å². The molecule has 0 bridgehead atoms. The first-order chi connectivity index (χ1) is 10.7. The Bertz CT molecular complexity index is 462. The second kappa shape index (κ2) is 7.47. The minimum absolute atomic E-state index is 0.0138. The van der Waals surface area contributed by atoms with Crippen LogP contribution in [-0.2, 0) is 0 Å². The molecule has 1 aliphatic heterocycles. The van der Waals surface area contributed by atoms with Crippen molar-refractivity contribution in [3.8, 4) is 0 Å². The summed E-state index contributed by atoms with van der Waals surface area (Å²) in [5.41, 5.74) is 0. The molecule has 2 aliphatic rings. The van der Waals surface area contributed by atoms with Crippen LogP contribution in [0.25, 0.3) is 0 Å². The number of urea groups is 1. The molecule has 2 heterocycles. The van der Waals surface area contributed by atoms with Gasteiger partial charge in [0, 0.05) is 10.9 Å². The number of thiophene rings is 1. The smallest absolute Gasteiger partial charge is 0.315 e. The van der Waals surface area contributed by atoms with Crippen LogP contribution in [0.4, 0.5) is 4.79 Å². The summed E-state index contributed by atoms with van der Waals surface area (Å²) in [5, 5.41) is 8.55. The van der Waals surface area contributed by atoms with E-state index in [0.717, 1.165) is 25.9 Å². The van der Waals surface area contributed by atoms with Crippen molar-refractivity contribution >= 4 is 17.4 Å². The average Bonchev–Trinajstić information content (AvgIpc) is 3.21. The Hall–Kier alpha value is -1.07. The van der Waals surface area contributed by atoms with Gasteiger partial charge in [-0.15, -0.1) is 11.3 Å². The normalized spacial score (nSPS) is 22.6. The van der Waals surface area contributed by atoms with Gasteiger partial charge in [0.15, 0.2) is 0 Å². The van der Waals surface area contributed by atoms with Gasteiger partial charge in [-0.05, 0) is 63.2 Å². The Kier molecular flexibility index (Phi) is 5.37. The van der Waals surface area contributed by atoms with Gasteiger partial charge in [-0.1, -0.05) is 18.9 Å². The molecular formula is C17H27N3OS. The van der Waals surface area contributed by atoms with Crippen LogP contribution < -0.4 is 10.6 Å². The van der Waals surface area contributed by atoms with E-state index in [1.807, 2.05) is 0 Å². The number of piperidine rings is 1. The van der Waals surface area contributed by atoms with Gasteiger partial charge in [0.2, 0.25) is 0 Å². The van der Waals surface area contributed by atoms with E-state index >= 15 is 0 Å². The van der Waals surface area contributed by atoms with Gasteiger partial charge >= 0.3 is 6.03 Å². The van der Waals surface area contributed by atoms with Gasteiger partial charge in [0.25, 0.3) is 0 Å². The van der Waals surface area contributed by atoms with Crippen molar-refractivity contribution in [2.24, 2.45) is 5.92 Å². The van der Waals surface area contributed by atoms with E-state index < -0.39 is 0 Å². The third-order valence-electron chi connectivity index (χ3n) is 5.06. The lowest BCUT2D eigenvalue weighted by Gasteiger charge is -2.31. The van der Waals surface area contributed by atoms with E-state index in [0.29, 0.717) is 12.0 Å². The van der Waals surface area contributed by atoms with Crippen LogP contribution in [0.3, 0.4) is 0 Å². The standard InChI is InChI=1S/C17H27N3OS/c1-20-10-8-14(9-11-20)18-17(21)19-16(13-5-2-3-6-13)15-7-4-12-22-15/h4,7,12-14,16H,2-3,5-6,8-11H2,1H3,(H2,18,19,21). The number of nitrogens with zero attached hydrogens (tertiary/aromatic N) is 1. The van der Waals surface area contributed by atoms with Crippen molar-refractivity contribution in [1.29, 1.82) is 0 Å². The predicted octanol–water partition coefficient (Wildman–Crippen LogP) is 3.37. The van der Waals surface area contributed by atoms with E-state index in [9.17, 15) is 4.79 Å². The molecule has 2 N–H and O–H groups in total. The lowest BCUT2D eigenvalue weighted by molar-refractivity contribution is 0.208. The van der Waals surface area contributed by atoms with Crippen molar-refractivity contribution in [2.45, 2.75) is 50.6 Å². The lowest BCUT2D eigenvalue weighted by Crippen LogP contribution is -2.48. The van der Waals surface area contributed by atoms with Crippen molar-refractivity contribution in [2.75, 3.05) is 20.1 Å². The molecule has 3 rings (SSSR count). The highest BCUT2D eigenvalue weighted by Gasteiger charge is 2.29. The van der Waals surface area contributed by atoms with E-state index in [-0.39, 0.29) is 12.1 Å². The summed E-state index contributed by atoms with van der Waals surface area (Å²) in [5.74, 6) is 0.599. The Balaban J connectivity index is 1.57. The molecule has 5 heteroatoms. The van der Waals surface area contributed by atoms with Crippen LogP contribution in [0.2, 0.25) is 0 Å². The molecule has 0 radical (unpaired) electrons. The summed E-state index contributed by atoms with van der Waals surface area (Å²) >= 11 is 1.76. The van der Waals surface area contributed by atoms with Crippen LogP contribution in [0.15, 0.2) is 17.5 Å². The van der Waals surface area contributed by atoms with E-state index in [2.05, 4.69) is 40.1 Å². The minimum atomic E-state index is 0.0138. The van der Waals surface area contributed by atoms with Crippen molar-refractivity contribution in [1.82, 2.24) is 15.5 Å². The van der Waals surface area contributed by atoms with E-state index in [1.54, 1.807) is 11.3 Å². The SMILES string of the molecule is CN1CCC(NC(=O)NC(c2cccs2)C2CCCC2)CC1. The molecule has 1 aromatic heterocycles. The van der Waals surface area contributed by atoms with Gasteiger partial charge in [0.1, 0.15) is 0 Å². The maximum absolute atomic E-state index is 12.4. The van der Waals surface area contributed by atoms with Crippen molar-refractivity contribution < 1.29 is 4.79 Å². The molecular weight excluding hydrogens is 294 g/mol. The number of hydrogen-bond donors (Lipinski definition) is 2. The number of rotatable bonds is 4. The third kappa shape index (κ3) is 4.02. The molecule has 2 amide bonds. The van der Waals surface area contributed by atoms with Crippen molar-refractivity contribution in [3.05, 3.63) is 22.4 Å². The van der Waals surface area contributed by atoms with Gasteiger partial charge in [-0.25, -0.2) is 4.79 Å². The highest BCUT2D eigenvalue weighted by Crippen LogP contribution is 2.37. The largest absolute Gasteiger partial charge is 0.335 e. The Morgan fingerprint density at radius 3 is 2.64 bits per heavy atom. The van der Waals surface area contributed by atoms with Crippen LogP contribution in [0, 0.1) is 5.92 Å². The first-order valence-corrected chi connectivity index (χ1v) is 9.39. The summed E-state index contributed by atoms with van der Waals surface area (Å²) in [6.07, 6.45) is 7.16. The second-order valence-electron chi connectivity index (χ2n) is 6.73. The number of carbonyl (C=O) groups excluding carboxylic acids is 1. The first-order valence-electron chi connectivity index (χ1n) is 8.51. The molecule has 122 valence electrons. The molecule has 1 atom stereocenters. The quantitative estimate of drug-likeness (QED) is 0.893. The summed E-state index contributed by atoms with van der Waals surface area (Å²) in [6, 6.07) is 4.76. The number of amides is 2. The number of nitrogens with one attached hydrogen (secondary N) is 2. The highest BCUT2D eigenvalue weighted by atomic mass is 32.1. The first kappa shape index (κ1) is 15.8. The minimum Gasteiger partial charge on any atom is -0.335 e. The predicted molar refractivity (Wildman–Crippen MR) is 91.2 cm³/mol. The second-order valence-corrected chi connectivity index (χ2v) is 7.71. The Morgan fingerprint density at radius 1 is 1.27 bits per heavy atom. The molecule has 4 nitrogen and oxygen atoms in total. The highest BCUT2D eigenvalue weighted by molar-refractivity contribution is 7.10. The fraction of sp³-hybridized carbons (Fsp3) is 0.706. The molecule has 0 spiro atoms. The maximum atomic E-state index is 12.4. The monoisotopic (exact) mass is 321 g/mol. The zero-order chi connectivity index (χ0) is 15.4. The Labute approximate surface area is 137 Å². The van der Waals surface area contributed by atoms with Crippen LogP contribution >= 0.6 is 11.3 Å². The summed E-state index contributed by atoms with van der Waals surface area (Å²) in [6.45, 7) is 2.14. The lowest BCUT2D eigenvalue weighted by atomic mass is 9.97. The summed E-state index contributed by atoms with van der Waals surface area (Å²) < 4.78 is 0. The molecule has 1 saturated carbocycles. The average molecular weight is 321 g/mol. The molecule has 0 aromatic carbocycles. The Morgan fingerprint density at radius 2 is 2.00 bits per heavy atom. The number of hydrogen-bond acceptors (Lipinski definition) is 3. The van der Waals surface area contributed by atoms with Crippen LogP contribution in [0.5, 0.6) is 0 Å². The molecule has 22 heavy (non-hydrogen) atoms. The fourth-order valence-electron chi connectivity index (χ4n) is 3.70. The zero-order valence-corrected chi connectivity index (χ0v) is 14.2. The van der Waals surface area contributed by atoms with E-state index in [1.165, 1.54) is 30.6 Å². The zero-order valence-electron chi connectivity index (χ0n) is 13.4. The molecule has 1 aromatic rings. The van der Waals surface area contributed by atoms with Crippen molar-refractivity contribution in [3.63, 3.8) is 0 Å². The molecule has 1 unspecified atom stereocenters. The van der Waals surface area contributed by atoms with Gasteiger partial charge in [0.05, 0.1) is 6.04 Å². The van der Waals surface area contributed by atoms with Crippen LogP contribution in [-0.4, -0.2) is 37.1 Å². The van der Waals surface area contributed by atoms with Gasteiger partial charge in [-0.3, -0.25) is 0 Å². The third-order valence-corrected chi connectivity index (χ3v) is 6.02.